The molecule has 0 radical (unpaired) electrons. The minimum absolute atomic E-state index is 0.105. The van der Waals surface area contributed by atoms with Crippen LogP contribution in [0.4, 0.5) is 0 Å². The van der Waals surface area contributed by atoms with Crippen molar-refractivity contribution in [1.29, 1.82) is 0 Å². The van der Waals surface area contributed by atoms with Crippen molar-refractivity contribution in [2.75, 3.05) is 0 Å². The Morgan fingerprint density at radius 3 is 1.53 bits per heavy atom. The first-order valence-corrected chi connectivity index (χ1v) is 16.6. The smallest absolute Gasteiger partial charge is 0.0159 e. The summed E-state index contributed by atoms with van der Waals surface area (Å²) in [6.45, 7) is 4.78. The Labute approximate surface area is 274 Å². The molecule has 0 N–H and O–H groups in total. The summed E-state index contributed by atoms with van der Waals surface area (Å²) < 4.78 is 0. The Bertz CT molecular complexity index is 2680. The highest BCUT2D eigenvalue weighted by molar-refractivity contribution is 6.27. The lowest BCUT2D eigenvalue weighted by molar-refractivity contribution is 0.661. The van der Waals surface area contributed by atoms with E-state index < -0.39 is 0 Å². The van der Waals surface area contributed by atoms with Gasteiger partial charge in [-0.1, -0.05) is 147 Å². The van der Waals surface area contributed by atoms with Crippen molar-refractivity contribution in [3.63, 3.8) is 0 Å². The molecule has 0 heteroatoms. The molecule has 9 aromatic rings. The molecule has 0 fully saturated rings. The van der Waals surface area contributed by atoms with Crippen LogP contribution in [-0.4, -0.2) is 0 Å². The van der Waals surface area contributed by atoms with Gasteiger partial charge in [0, 0.05) is 5.41 Å². The van der Waals surface area contributed by atoms with Crippen LogP contribution in [0.25, 0.3) is 87.6 Å². The highest BCUT2D eigenvalue weighted by Gasteiger charge is 2.36. The second-order valence-electron chi connectivity index (χ2n) is 13.7. The van der Waals surface area contributed by atoms with Crippen molar-refractivity contribution in [2.24, 2.45) is 0 Å². The summed E-state index contributed by atoms with van der Waals surface area (Å²) in [5.41, 5.74) is 13.1. The number of hydrogen-bond donors (Lipinski definition) is 0. The van der Waals surface area contributed by atoms with Gasteiger partial charge in [0.1, 0.15) is 0 Å². The summed E-state index contributed by atoms with van der Waals surface area (Å²) in [6.07, 6.45) is 0. The zero-order chi connectivity index (χ0) is 31.3. The molecule has 0 spiro atoms. The molecule has 0 saturated heterocycles. The van der Waals surface area contributed by atoms with Gasteiger partial charge in [-0.05, 0) is 123 Å². The van der Waals surface area contributed by atoms with Crippen LogP contribution in [0.5, 0.6) is 0 Å². The summed E-state index contributed by atoms with van der Waals surface area (Å²) in [5.74, 6) is 0. The van der Waals surface area contributed by atoms with Gasteiger partial charge in [0.2, 0.25) is 0 Å². The third-order valence-electron chi connectivity index (χ3n) is 10.8. The fourth-order valence-corrected chi connectivity index (χ4v) is 8.38. The molecule has 1 aliphatic rings. The minimum Gasteiger partial charge on any atom is -0.0622 e. The maximum atomic E-state index is 2.47. The highest BCUT2D eigenvalue weighted by atomic mass is 14.4. The van der Waals surface area contributed by atoms with Crippen LogP contribution in [-0.2, 0) is 5.41 Å². The van der Waals surface area contributed by atoms with Gasteiger partial charge < -0.3 is 0 Å². The SMILES string of the molecule is CC1(C)c2cc(-c3ccc4ccc5c(-c6ccccc6)ccc6ccc3c4c65)ccc2-c2cc3ccc(-c4ccccc4)cc3cc21. The number of hydrogen-bond acceptors (Lipinski definition) is 0. The van der Waals surface area contributed by atoms with Crippen LogP contribution in [0.3, 0.4) is 0 Å². The molecule has 0 saturated carbocycles. The van der Waals surface area contributed by atoms with E-state index in [0.717, 1.165) is 0 Å². The molecular formula is C47H32. The fourth-order valence-electron chi connectivity index (χ4n) is 8.38. The van der Waals surface area contributed by atoms with Gasteiger partial charge in [-0.25, -0.2) is 0 Å². The third kappa shape index (κ3) is 3.82. The molecule has 0 aromatic heterocycles. The molecule has 220 valence electrons. The van der Waals surface area contributed by atoms with Crippen molar-refractivity contribution in [1.82, 2.24) is 0 Å². The van der Waals surface area contributed by atoms with E-state index in [1.807, 2.05) is 0 Å². The average Bonchev–Trinajstić information content (AvgIpc) is 3.34. The first kappa shape index (κ1) is 26.5. The maximum Gasteiger partial charge on any atom is 0.0159 e. The van der Waals surface area contributed by atoms with Gasteiger partial charge >= 0.3 is 0 Å². The van der Waals surface area contributed by atoms with Crippen LogP contribution in [0.2, 0.25) is 0 Å². The monoisotopic (exact) mass is 596 g/mol. The largest absolute Gasteiger partial charge is 0.0622 e. The molecule has 0 aliphatic heterocycles. The lowest BCUT2D eigenvalue weighted by atomic mass is 9.80. The van der Waals surface area contributed by atoms with E-state index >= 15 is 0 Å². The molecule has 0 amide bonds. The zero-order valence-corrected chi connectivity index (χ0v) is 26.5. The normalized spacial score (nSPS) is 13.5. The van der Waals surface area contributed by atoms with Crippen molar-refractivity contribution in [3.05, 3.63) is 169 Å². The minimum atomic E-state index is -0.105. The first-order chi connectivity index (χ1) is 23.0. The van der Waals surface area contributed by atoms with Crippen LogP contribution < -0.4 is 0 Å². The van der Waals surface area contributed by atoms with Crippen molar-refractivity contribution in [3.8, 4) is 44.5 Å². The molecule has 0 heterocycles. The number of benzene rings is 9. The van der Waals surface area contributed by atoms with E-state index in [-0.39, 0.29) is 5.41 Å². The summed E-state index contributed by atoms with van der Waals surface area (Å²) in [4.78, 5) is 0. The Morgan fingerprint density at radius 2 is 0.851 bits per heavy atom. The first-order valence-electron chi connectivity index (χ1n) is 16.6. The van der Waals surface area contributed by atoms with Gasteiger partial charge in [0.15, 0.2) is 0 Å². The maximum absolute atomic E-state index is 2.47. The fraction of sp³-hybridized carbons (Fsp3) is 0.0638. The van der Waals surface area contributed by atoms with E-state index in [9.17, 15) is 0 Å². The Kier molecular flexibility index (Phi) is 5.44. The van der Waals surface area contributed by atoms with Crippen LogP contribution >= 0.6 is 0 Å². The topological polar surface area (TPSA) is 0 Å². The predicted molar refractivity (Wildman–Crippen MR) is 202 cm³/mol. The van der Waals surface area contributed by atoms with Crippen LogP contribution in [0.15, 0.2) is 158 Å². The molecule has 9 aromatic carbocycles. The average molecular weight is 597 g/mol. The van der Waals surface area contributed by atoms with Gasteiger partial charge in [-0.3, -0.25) is 0 Å². The van der Waals surface area contributed by atoms with Gasteiger partial charge in [0.05, 0.1) is 0 Å². The van der Waals surface area contributed by atoms with E-state index in [1.54, 1.807) is 0 Å². The van der Waals surface area contributed by atoms with Crippen molar-refractivity contribution >= 4 is 43.1 Å². The van der Waals surface area contributed by atoms with Gasteiger partial charge in [0.25, 0.3) is 0 Å². The lowest BCUT2D eigenvalue weighted by Crippen LogP contribution is -2.15. The summed E-state index contributed by atoms with van der Waals surface area (Å²) in [6, 6.07) is 58.9. The Morgan fingerprint density at radius 1 is 0.319 bits per heavy atom. The molecule has 1 aliphatic carbocycles. The van der Waals surface area contributed by atoms with E-state index in [1.165, 1.54) is 98.7 Å². The van der Waals surface area contributed by atoms with E-state index in [0.29, 0.717) is 0 Å². The molecular weight excluding hydrogens is 565 g/mol. The van der Waals surface area contributed by atoms with Crippen molar-refractivity contribution in [2.45, 2.75) is 19.3 Å². The van der Waals surface area contributed by atoms with Gasteiger partial charge in [-0.15, -0.1) is 0 Å². The quantitative estimate of drug-likeness (QED) is 0.178. The number of fused-ring (bicyclic) bond motifs is 4. The summed E-state index contributed by atoms with van der Waals surface area (Å²) >= 11 is 0. The zero-order valence-electron chi connectivity index (χ0n) is 26.5. The summed E-state index contributed by atoms with van der Waals surface area (Å²) in [5, 5.41) is 10.5. The van der Waals surface area contributed by atoms with E-state index in [2.05, 4.69) is 172 Å². The molecule has 0 nitrogen and oxygen atoms in total. The van der Waals surface area contributed by atoms with E-state index in [4.69, 9.17) is 0 Å². The lowest BCUT2D eigenvalue weighted by Gasteiger charge is -2.23. The Balaban J connectivity index is 1.13. The van der Waals surface area contributed by atoms with Gasteiger partial charge in [-0.2, -0.15) is 0 Å². The molecule has 0 unspecified atom stereocenters. The summed E-state index contributed by atoms with van der Waals surface area (Å²) in [7, 11) is 0. The third-order valence-corrected chi connectivity index (χ3v) is 10.8. The predicted octanol–water partition coefficient (Wildman–Crippen LogP) is 13.0. The molecule has 47 heavy (non-hydrogen) atoms. The Hall–Kier alpha value is -5.72. The molecule has 0 atom stereocenters. The second-order valence-corrected chi connectivity index (χ2v) is 13.7. The highest BCUT2D eigenvalue weighted by Crippen LogP contribution is 2.52. The molecule has 10 rings (SSSR count). The van der Waals surface area contributed by atoms with Crippen LogP contribution in [0, 0.1) is 0 Å². The standard InChI is InChI=1S/C47H32/c1-47(2)43-27-35(19-22-39(43)42-26-34-14-13-33(25-36(34)28-44(42)47)29-9-5-3-6-10-29)38-21-16-32-17-23-40-37(30-11-7-4-8-12-30)20-15-31-18-24-41(38)46(32)45(31)40/h3-28H,1-2H3. The van der Waals surface area contributed by atoms with Crippen LogP contribution in [0.1, 0.15) is 25.0 Å². The van der Waals surface area contributed by atoms with Crippen molar-refractivity contribution < 1.29 is 0 Å². The molecule has 0 bridgehead atoms. The second kappa shape index (κ2) is 9.64. The number of rotatable bonds is 3.